The summed E-state index contributed by atoms with van der Waals surface area (Å²) < 4.78 is 0. The van der Waals surface area contributed by atoms with Gasteiger partial charge in [0.2, 0.25) is 0 Å². The van der Waals surface area contributed by atoms with Gasteiger partial charge in [-0.05, 0) is 24.3 Å². The Morgan fingerprint density at radius 1 is 0.968 bits per heavy atom. The molecular weight excluding hydrogens is 410 g/mol. The van der Waals surface area contributed by atoms with Crippen molar-refractivity contribution in [3.05, 3.63) is 95.6 Å². The highest BCUT2D eigenvalue weighted by Crippen LogP contribution is 2.39. The fraction of sp³-hybridized carbons (Fsp3) is 0.0870. The van der Waals surface area contributed by atoms with Gasteiger partial charge >= 0.3 is 0 Å². The Hall–Kier alpha value is -3.91. The average molecular weight is 427 g/mol. The van der Waals surface area contributed by atoms with E-state index in [1.807, 2.05) is 30.3 Å². The van der Waals surface area contributed by atoms with Crippen molar-refractivity contribution < 1.29 is 9.90 Å². The van der Waals surface area contributed by atoms with Crippen LogP contribution in [0.25, 0.3) is 10.4 Å². The van der Waals surface area contributed by atoms with Crippen LogP contribution < -0.4 is 0 Å². The molecule has 31 heavy (non-hydrogen) atoms. The van der Waals surface area contributed by atoms with Crippen molar-refractivity contribution in [1.82, 2.24) is 20.0 Å². The van der Waals surface area contributed by atoms with Crippen LogP contribution in [0, 0.1) is 0 Å². The van der Waals surface area contributed by atoms with E-state index in [1.54, 1.807) is 43.0 Å². The second-order valence-corrected chi connectivity index (χ2v) is 8.09. The molecule has 1 unspecified atom stereocenters. The van der Waals surface area contributed by atoms with Crippen molar-refractivity contribution in [2.24, 2.45) is 5.10 Å². The number of rotatable bonds is 4. The summed E-state index contributed by atoms with van der Waals surface area (Å²) >= 11 is 1.36. The predicted octanol–water partition coefficient (Wildman–Crippen LogP) is 4.30. The van der Waals surface area contributed by atoms with Gasteiger partial charge in [-0.15, -0.1) is 11.3 Å². The van der Waals surface area contributed by atoms with Crippen molar-refractivity contribution in [3.8, 4) is 16.2 Å². The third-order valence-electron chi connectivity index (χ3n) is 5.07. The first-order chi connectivity index (χ1) is 15.2. The molecule has 0 saturated heterocycles. The highest BCUT2D eigenvalue weighted by molar-refractivity contribution is 7.17. The van der Waals surface area contributed by atoms with Crippen molar-refractivity contribution in [2.45, 2.75) is 12.5 Å². The number of thiophene rings is 1. The molecule has 0 aliphatic carbocycles. The normalized spacial score (nSPS) is 15.7. The number of amides is 1. The summed E-state index contributed by atoms with van der Waals surface area (Å²) in [5.41, 5.74) is 3.12. The minimum atomic E-state index is -0.408. The second kappa shape index (κ2) is 8.08. The molecule has 4 heterocycles. The van der Waals surface area contributed by atoms with Crippen LogP contribution in [0.15, 0.2) is 84.7 Å². The van der Waals surface area contributed by atoms with Crippen LogP contribution in [-0.4, -0.2) is 36.7 Å². The zero-order chi connectivity index (χ0) is 21.2. The topological polar surface area (TPSA) is 91.6 Å². The van der Waals surface area contributed by atoms with E-state index >= 15 is 0 Å². The molecule has 1 aliphatic heterocycles. The van der Waals surface area contributed by atoms with E-state index in [9.17, 15) is 9.90 Å². The van der Waals surface area contributed by atoms with Gasteiger partial charge in [-0.2, -0.15) is 5.10 Å². The Labute approximate surface area is 182 Å². The quantitative estimate of drug-likeness (QED) is 0.524. The second-order valence-electron chi connectivity index (χ2n) is 7.01. The van der Waals surface area contributed by atoms with Crippen molar-refractivity contribution >= 4 is 23.0 Å². The standard InChI is InChI=1S/C23H17N5O2S/c29-20-6-2-1-5-17(20)19-10-18(15-4-3-9-24-11-15)27-28(19)23(30)22-8-7-21(31-22)16-12-25-14-26-13-16/h1-9,11-14,19,29H,10H2. The smallest absolute Gasteiger partial charge is 0.284 e. The number of phenols is 1. The van der Waals surface area contributed by atoms with E-state index in [0.29, 0.717) is 16.9 Å². The first kappa shape index (κ1) is 19.1. The molecule has 1 N–H and O–H groups in total. The summed E-state index contributed by atoms with van der Waals surface area (Å²) in [5, 5.41) is 16.6. The Bertz CT molecular complexity index is 1260. The molecule has 1 atom stereocenters. The number of phenolic OH excluding ortho intramolecular Hbond substituents is 1. The number of hydrogen-bond donors (Lipinski definition) is 1. The number of hydrogen-bond acceptors (Lipinski definition) is 7. The monoisotopic (exact) mass is 427 g/mol. The molecule has 152 valence electrons. The number of pyridine rings is 1. The maximum Gasteiger partial charge on any atom is 0.284 e. The van der Waals surface area contributed by atoms with E-state index in [0.717, 1.165) is 21.7 Å². The van der Waals surface area contributed by atoms with Crippen LogP contribution in [0.4, 0.5) is 0 Å². The molecule has 7 nitrogen and oxygen atoms in total. The van der Waals surface area contributed by atoms with Gasteiger partial charge in [0.25, 0.3) is 5.91 Å². The van der Waals surface area contributed by atoms with Gasteiger partial charge in [0.05, 0.1) is 16.6 Å². The van der Waals surface area contributed by atoms with Gasteiger partial charge in [0, 0.05) is 52.8 Å². The molecule has 0 radical (unpaired) electrons. The third kappa shape index (κ3) is 3.69. The molecule has 8 heteroatoms. The number of carbonyl (C=O) groups is 1. The van der Waals surface area contributed by atoms with Gasteiger partial charge in [-0.3, -0.25) is 9.78 Å². The molecule has 0 bridgehead atoms. The van der Waals surface area contributed by atoms with Crippen LogP contribution in [0.2, 0.25) is 0 Å². The summed E-state index contributed by atoms with van der Waals surface area (Å²) in [6.45, 7) is 0. The third-order valence-corrected chi connectivity index (χ3v) is 6.19. The summed E-state index contributed by atoms with van der Waals surface area (Å²) in [6.07, 6.45) is 8.81. The van der Waals surface area contributed by atoms with Crippen LogP contribution in [0.3, 0.4) is 0 Å². The number of aromatic nitrogens is 3. The van der Waals surface area contributed by atoms with E-state index in [-0.39, 0.29) is 11.7 Å². The van der Waals surface area contributed by atoms with E-state index in [4.69, 9.17) is 0 Å². The number of para-hydroxylation sites is 1. The van der Waals surface area contributed by atoms with Crippen LogP contribution in [0.5, 0.6) is 5.75 Å². The zero-order valence-electron chi connectivity index (χ0n) is 16.3. The van der Waals surface area contributed by atoms with E-state index in [1.165, 1.54) is 22.7 Å². The van der Waals surface area contributed by atoms with Gasteiger partial charge < -0.3 is 5.11 Å². The molecule has 0 fully saturated rings. The minimum absolute atomic E-state index is 0.140. The molecule has 3 aromatic heterocycles. The largest absolute Gasteiger partial charge is 0.508 e. The van der Waals surface area contributed by atoms with Crippen molar-refractivity contribution in [1.29, 1.82) is 0 Å². The highest BCUT2D eigenvalue weighted by atomic mass is 32.1. The summed E-state index contributed by atoms with van der Waals surface area (Å²) in [7, 11) is 0. The minimum Gasteiger partial charge on any atom is -0.508 e. The lowest BCUT2D eigenvalue weighted by Crippen LogP contribution is -2.26. The number of hydrazone groups is 1. The van der Waals surface area contributed by atoms with Gasteiger partial charge in [-0.25, -0.2) is 15.0 Å². The van der Waals surface area contributed by atoms with Crippen LogP contribution >= 0.6 is 11.3 Å². The molecular formula is C23H17N5O2S. The van der Waals surface area contributed by atoms with Crippen molar-refractivity contribution in [3.63, 3.8) is 0 Å². The van der Waals surface area contributed by atoms with Crippen LogP contribution in [0.1, 0.15) is 33.3 Å². The summed E-state index contributed by atoms with van der Waals surface area (Å²) in [5.74, 6) is -0.0820. The maximum absolute atomic E-state index is 13.5. The molecule has 1 amide bonds. The lowest BCUT2D eigenvalue weighted by molar-refractivity contribution is 0.0714. The predicted molar refractivity (Wildman–Crippen MR) is 118 cm³/mol. The Morgan fingerprint density at radius 2 is 1.77 bits per heavy atom. The molecule has 4 aromatic rings. The molecule has 0 spiro atoms. The highest BCUT2D eigenvalue weighted by Gasteiger charge is 2.35. The molecule has 1 aliphatic rings. The maximum atomic E-state index is 13.5. The number of benzene rings is 1. The fourth-order valence-corrected chi connectivity index (χ4v) is 4.48. The van der Waals surface area contributed by atoms with E-state index in [2.05, 4.69) is 20.1 Å². The number of nitrogens with zero attached hydrogens (tertiary/aromatic N) is 5. The number of aromatic hydroxyl groups is 1. The van der Waals surface area contributed by atoms with Gasteiger partial charge in [0.1, 0.15) is 12.1 Å². The van der Waals surface area contributed by atoms with Gasteiger partial charge in [-0.1, -0.05) is 24.3 Å². The lowest BCUT2D eigenvalue weighted by Gasteiger charge is -2.22. The summed E-state index contributed by atoms with van der Waals surface area (Å²) in [6, 6.07) is 14.1. The van der Waals surface area contributed by atoms with Gasteiger partial charge in [0.15, 0.2) is 0 Å². The lowest BCUT2D eigenvalue weighted by atomic mass is 9.98. The first-order valence-electron chi connectivity index (χ1n) is 9.65. The van der Waals surface area contributed by atoms with Crippen molar-refractivity contribution in [2.75, 3.05) is 0 Å². The molecule has 0 saturated carbocycles. The average Bonchev–Trinajstić information content (AvgIpc) is 3.48. The number of carbonyl (C=O) groups excluding carboxylic acids is 1. The molecule has 1 aromatic carbocycles. The van der Waals surface area contributed by atoms with E-state index < -0.39 is 6.04 Å². The summed E-state index contributed by atoms with van der Waals surface area (Å²) in [4.78, 5) is 27.2. The zero-order valence-corrected chi connectivity index (χ0v) is 17.1. The Kier molecular flexibility index (Phi) is 4.97. The first-order valence-corrected chi connectivity index (χ1v) is 10.5. The Morgan fingerprint density at radius 3 is 2.55 bits per heavy atom. The SMILES string of the molecule is O=C(c1ccc(-c2cncnc2)s1)N1N=C(c2cccnc2)CC1c1ccccc1O. The Balaban J connectivity index is 1.52. The molecule has 5 rings (SSSR count). The fourth-order valence-electron chi connectivity index (χ4n) is 3.56. The van der Waals surface area contributed by atoms with Crippen LogP contribution in [-0.2, 0) is 0 Å².